The van der Waals surface area contributed by atoms with Gasteiger partial charge in [0.2, 0.25) is 11.8 Å². The monoisotopic (exact) mass is 413 g/mol. The van der Waals surface area contributed by atoms with Gasteiger partial charge in [-0.05, 0) is 87.1 Å². The first-order chi connectivity index (χ1) is 14.3. The van der Waals surface area contributed by atoms with Gasteiger partial charge in [-0.1, -0.05) is 13.0 Å². The van der Waals surface area contributed by atoms with E-state index in [0.717, 1.165) is 38.1 Å². The number of nitrogens with two attached hydrogens (primary N) is 1. The third-order valence-electron chi connectivity index (χ3n) is 7.84. The SMILES string of the molecule is C[C@H](NC(=O)CCC[C@]12CCN(CC3CC3)[C@H](Cc3ccc(O)cc31)[C@@H]2C)C(N)=O. The Morgan fingerprint density at radius 1 is 1.37 bits per heavy atom. The van der Waals surface area contributed by atoms with Crippen LogP contribution in [0.2, 0.25) is 0 Å². The molecule has 1 saturated carbocycles. The lowest BCUT2D eigenvalue weighted by Gasteiger charge is -2.56. The van der Waals surface area contributed by atoms with Crippen LogP contribution >= 0.6 is 0 Å². The fourth-order valence-corrected chi connectivity index (χ4v) is 5.83. The molecule has 2 bridgehead atoms. The zero-order valence-electron chi connectivity index (χ0n) is 18.2. The minimum atomic E-state index is -0.642. The van der Waals surface area contributed by atoms with Crippen LogP contribution in [0.3, 0.4) is 0 Å². The van der Waals surface area contributed by atoms with E-state index in [2.05, 4.69) is 23.2 Å². The van der Waals surface area contributed by atoms with Gasteiger partial charge in [0.15, 0.2) is 0 Å². The largest absolute Gasteiger partial charge is 0.508 e. The number of phenols is 1. The van der Waals surface area contributed by atoms with Crippen LogP contribution in [0.4, 0.5) is 0 Å². The Morgan fingerprint density at radius 3 is 2.83 bits per heavy atom. The number of primary amides is 1. The highest BCUT2D eigenvalue weighted by molar-refractivity contribution is 5.86. The number of rotatable bonds is 8. The Hall–Kier alpha value is -2.08. The quantitative estimate of drug-likeness (QED) is 0.610. The number of aromatic hydroxyl groups is 1. The van der Waals surface area contributed by atoms with Gasteiger partial charge in [-0.15, -0.1) is 0 Å². The summed E-state index contributed by atoms with van der Waals surface area (Å²) < 4.78 is 0. The summed E-state index contributed by atoms with van der Waals surface area (Å²) >= 11 is 0. The van der Waals surface area contributed by atoms with Crippen molar-refractivity contribution in [2.45, 2.75) is 76.3 Å². The van der Waals surface area contributed by atoms with Gasteiger partial charge in [0.1, 0.15) is 11.8 Å². The number of phenolic OH excluding ortho intramolecular Hbond substituents is 1. The number of nitrogens with one attached hydrogen (secondary N) is 1. The summed E-state index contributed by atoms with van der Waals surface area (Å²) in [5.74, 6) is 1.04. The number of carbonyl (C=O) groups is 2. The third kappa shape index (κ3) is 4.07. The number of fused-ring (bicyclic) bond motifs is 4. The molecule has 0 aromatic heterocycles. The standard InChI is InChI=1S/C24H35N3O3/c1-15-21-12-18-7-8-19(28)13-20(18)24(15,10-11-27(21)14-17-5-6-17)9-3-4-22(29)26-16(2)23(25)30/h7-8,13,15-17,21,28H,3-6,9-12,14H2,1-2H3,(H2,25,30)(H,26,29)/t15-,16-,21+,24+/m0/s1. The minimum absolute atomic E-state index is 0.00732. The van der Waals surface area contributed by atoms with Crippen LogP contribution in [0.5, 0.6) is 5.75 Å². The zero-order valence-corrected chi connectivity index (χ0v) is 18.2. The number of amides is 2. The summed E-state index contributed by atoms with van der Waals surface area (Å²) in [5.41, 5.74) is 7.87. The van der Waals surface area contributed by atoms with Crippen molar-refractivity contribution in [3.05, 3.63) is 29.3 Å². The van der Waals surface area contributed by atoms with E-state index in [9.17, 15) is 14.7 Å². The zero-order chi connectivity index (χ0) is 21.5. The average Bonchev–Trinajstić information content (AvgIpc) is 3.50. The van der Waals surface area contributed by atoms with E-state index in [4.69, 9.17) is 5.73 Å². The van der Waals surface area contributed by atoms with Crippen molar-refractivity contribution in [1.82, 2.24) is 10.2 Å². The Labute approximate surface area is 179 Å². The maximum Gasteiger partial charge on any atom is 0.239 e. The second-order valence-corrected chi connectivity index (χ2v) is 9.79. The molecule has 4 rings (SSSR count). The number of piperidine rings is 1. The van der Waals surface area contributed by atoms with E-state index in [1.54, 1.807) is 6.92 Å². The van der Waals surface area contributed by atoms with Crippen LogP contribution < -0.4 is 11.1 Å². The second-order valence-electron chi connectivity index (χ2n) is 9.79. The first-order valence-electron chi connectivity index (χ1n) is 11.5. The van der Waals surface area contributed by atoms with Crippen molar-refractivity contribution in [1.29, 1.82) is 0 Å². The molecule has 6 nitrogen and oxygen atoms in total. The fourth-order valence-electron chi connectivity index (χ4n) is 5.83. The molecule has 2 amide bonds. The fraction of sp³-hybridized carbons (Fsp3) is 0.667. The molecule has 6 heteroatoms. The van der Waals surface area contributed by atoms with Crippen LogP contribution in [0, 0.1) is 11.8 Å². The molecule has 1 aromatic carbocycles. The minimum Gasteiger partial charge on any atom is -0.508 e. The molecule has 0 radical (unpaired) electrons. The summed E-state index contributed by atoms with van der Waals surface area (Å²) in [4.78, 5) is 26.2. The molecule has 1 aliphatic heterocycles. The van der Waals surface area contributed by atoms with E-state index in [0.29, 0.717) is 24.1 Å². The van der Waals surface area contributed by atoms with E-state index in [1.807, 2.05) is 12.1 Å². The van der Waals surface area contributed by atoms with E-state index in [1.165, 1.54) is 30.5 Å². The lowest BCUT2D eigenvalue weighted by molar-refractivity contribution is -0.127. The average molecular weight is 414 g/mol. The smallest absolute Gasteiger partial charge is 0.239 e. The van der Waals surface area contributed by atoms with Crippen LogP contribution in [0.25, 0.3) is 0 Å². The van der Waals surface area contributed by atoms with E-state index < -0.39 is 11.9 Å². The molecule has 2 aliphatic carbocycles. The number of likely N-dealkylation sites (tertiary alicyclic amines) is 1. The summed E-state index contributed by atoms with van der Waals surface area (Å²) in [6.07, 6.45) is 6.90. The summed E-state index contributed by atoms with van der Waals surface area (Å²) in [5, 5.41) is 12.9. The topological polar surface area (TPSA) is 95.7 Å². The lowest BCUT2D eigenvalue weighted by atomic mass is 9.56. The van der Waals surface area contributed by atoms with Crippen LogP contribution in [-0.4, -0.2) is 47.0 Å². The molecule has 1 heterocycles. The van der Waals surface area contributed by atoms with Gasteiger partial charge in [-0.25, -0.2) is 0 Å². The molecule has 4 atom stereocenters. The van der Waals surface area contributed by atoms with Crippen LogP contribution in [0.15, 0.2) is 18.2 Å². The first-order valence-corrected chi connectivity index (χ1v) is 11.5. The number of carbonyl (C=O) groups excluding carboxylic acids is 2. The third-order valence-corrected chi connectivity index (χ3v) is 7.84. The second kappa shape index (κ2) is 8.22. The Bertz CT molecular complexity index is 822. The van der Waals surface area contributed by atoms with Gasteiger partial charge in [0.05, 0.1) is 0 Å². The van der Waals surface area contributed by atoms with Gasteiger partial charge >= 0.3 is 0 Å². The molecule has 30 heavy (non-hydrogen) atoms. The molecule has 1 saturated heterocycles. The van der Waals surface area contributed by atoms with Crippen molar-refractivity contribution >= 4 is 11.8 Å². The first kappa shape index (κ1) is 21.2. The normalized spacial score (nSPS) is 29.1. The molecule has 3 aliphatic rings. The Kier molecular flexibility index (Phi) is 5.80. The molecule has 1 aromatic rings. The molecule has 0 unspecified atom stereocenters. The number of nitrogens with zero attached hydrogens (tertiary/aromatic N) is 1. The lowest BCUT2D eigenvalue weighted by Crippen LogP contribution is -2.59. The number of hydrogen-bond donors (Lipinski definition) is 3. The number of benzene rings is 1. The van der Waals surface area contributed by atoms with Crippen LogP contribution in [0.1, 0.15) is 63.5 Å². The molecule has 4 N–H and O–H groups in total. The molecular weight excluding hydrogens is 378 g/mol. The maximum atomic E-state index is 12.3. The Morgan fingerprint density at radius 2 is 2.13 bits per heavy atom. The van der Waals surface area contributed by atoms with Crippen molar-refractivity contribution in [3.8, 4) is 5.75 Å². The van der Waals surface area contributed by atoms with Gasteiger partial charge in [0.25, 0.3) is 0 Å². The van der Waals surface area contributed by atoms with E-state index in [-0.39, 0.29) is 11.3 Å². The highest BCUT2D eigenvalue weighted by atomic mass is 16.3. The summed E-state index contributed by atoms with van der Waals surface area (Å²) in [6, 6.07) is 5.76. The van der Waals surface area contributed by atoms with Crippen molar-refractivity contribution < 1.29 is 14.7 Å². The van der Waals surface area contributed by atoms with Crippen molar-refractivity contribution in [2.24, 2.45) is 17.6 Å². The molecule has 0 spiro atoms. The molecular formula is C24H35N3O3. The van der Waals surface area contributed by atoms with Crippen LogP contribution in [-0.2, 0) is 21.4 Å². The van der Waals surface area contributed by atoms with Crippen molar-refractivity contribution in [3.63, 3.8) is 0 Å². The molecule has 164 valence electrons. The predicted octanol–water partition coefficient (Wildman–Crippen LogP) is 2.47. The maximum absolute atomic E-state index is 12.3. The molecule has 2 fully saturated rings. The van der Waals surface area contributed by atoms with Crippen molar-refractivity contribution in [2.75, 3.05) is 13.1 Å². The number of hydrogen-bond acceptors (Lipinski definition) is 4. The highest BCUT2D eigenvalue weighted by Crippen LogP contribution is 2.52. The Balaban J connectivity index is 1.51. The van der Waals surface area contributed by atoms with Gasteiger partial charge in [-0.2, -0.15) is 0 Å². The summed E-state index contributed by atoms with van der Waals surface area (Å²) in [7, 11) is 0. The van der Waals surface area contributed by atoms with Gasteiger partial charge in [-0.3, -0.25) is 14.5 Å². The van der Waals surface area contributed by atoms with E-state index >= 15 is 0 Å². The van der Waals surface area contributed by atoms with Gasteiger partial charge < -0.3 is 16.2 Å². The highest BCUT2D eigenvalue weighted by Gasteiger charge is 2.51. The predicted molar refractivity (Wildman–Crippen MR) is 116 cm³/mol. The van der Waals surface area contributed by atoms with Gasteiger partial charge in [0, 0.05) is 24.4 Å². The summed E-state index contributed by atoms with van der Waals surface area (Å²) in [6.45, 7) is 6.28.